The number of thioether (sulfide) groups is 1. The fourth-order valence-electron chi connectivity index (χ4n) is 2.49. The van der Waals surface area contributed by atoms with Crippen molar-refractivity contribution in [2.24, 2.45) is 0 Å². The lowest BCUT2D eigenvalue weighted by Crippen LogP contribution is -2.12. The first-order chi connectivity index (χ1) is 12.5. The molecule has 1 heterocycles. The quantitative estimate of drug-likeness (QED) is 0.306. The highest BCUT2D eigenvalue weighted by atomic mass is 32.2. The van der Waals surface area contributed by atoms with E-state index in [9.17, 15) is 10.1 Å². The first-order valence-electron chi connectivity index (χ1n) is 7.76. The van der Waals surface area contributed by atoms with Gasteiger partial charge in [0.15, 0.2) is 5.82 Å². The summed E-state index contributed by atoms with van der Waals surface area (Å²) in [5, 5.41) is 19.7. The smallest absolute Gasteiger partial charge is 0.269 e. The molecular formula is C17H17N5O3S. The first kappa shape index (κ1) is 17.7. The van der Waals surface area contributed by atoms with Gasteiger partial charge in [0.05, 0.1) is 17.6 Å². The zero-order valence-electron chi connectivity index (χ0n) is 14.2. The molecule has 26 heavy (non-hydrogen) atoms. The van der Waals surface area contributed by atoms with Crippen LogP contribution in [0, 0.1) is 10.1 Å². The van der Waals surface area contributed by atoms with Gasteiger partial charge in [-0.05, 0) is 24.6 Å². The lowest BCUT2D eigenvalue weighted by atomic mass is 10.1. The van der Waals surface area contributed by atoms with Crippen LogP contribution in [0.5, 0.6) is 5.75 Å². The predicted molar refractivity (Wildman–Crippen MR) is 99.5 cm³/mol. The molecule has 0 aliphatic carbocycles. The molecule has 3 rings (SSSR count). The second kappa shape index (κ2) is 7.44. The SMILES string of the molecule is COc1ccccc1-c1nnc(SC(C)c2cccc([N+](=O)[O-])c2)n1N. The summed E-state index contributed by atoms with van der Waals surface area (Å²) in [5.41, 5.74) is 1.60. The number of hydrogen-bond acceptors (Lipinski definition) is 7. The molecule has 0 spiro atoms. The molecule has 0 fully saturated rings. The van der Waals surface area contributed by atoms with Crippen molar-refractivity contribution in [1.29, 1.82) is 0 Å². The standard InChI is InChI=1S/C17H17N5O3S/c1-11(12-6-5-7-13(10-12)22(23)24)26-17-20-19-16(21(17)18)14-8-3-4-9-15(14)25-2/h3-11H,18H2,1-2H3. The monoisotopic (exact) mass is 371 g/mol. The Morgan fingerprint density at radius 2 is 2.00 bits per heavy atom. The number of nitro groups is 1. The van der Waals surface area contributed by atoms with Gasteiger partial charge in [0.2, 0.25) is 5.16 Å². The summed E-state index contributed by atoms with van der Waals surface area (Å²) in [5.74, 6) is 7.30. The summed E-state index contributed by atoms with van der Waals surface area (Å²) in [6, 6.07) is 13.9. The number of rotatable bonds is 6. The maximum absolute atomic E-state index is 10.9. The maximum Gasteiger partial charge on any atom is 0.269 e. The number of para-hydroxylation sites is 1. The number of nitro benzene ring substituents is 1. The van der Waals surface area contributed by atoms with Crippen molar-refractivity contribution in [2.75, 3.05) is 13.0 Å². The Labute approximate surface area is 154 Å². The molecule has 0 bridgehead atoms. The van der Waals surface area contributed by atoms with E-state index in [1.165, 1.54) is 22.5 Å². The maximum atomic E-state index is 10.9. The van der Waals surface area contributed by atoms with Gasteiger partial charge in [-0.25, -0.2) is 4.68 Å². The lowest BCUT2D eigenvalue weighted by molar-refractivity contribution is -0.384. The molecule has 8 nitrogen and oxygen atoms in total. The number of benzene rings is 2. The molecule has 0 saturated heterocycles. The van der Waals surface area contributed by atoms with Crippen LogP contribution in [0.15, 0.2) is 53.7 Å². The van der Waals surface area contributed by atoms with Crippen LogP contribution < -0.4 is 10.6 Å². The number of methoxy groups -OCH3 is 1. The lowest BCUT2D eigenvalue weighted by Gasteiger charge is -2.11. The fourth-order valence-corrected chi connectivity index (χ4v) is 3.37. The van der Waals surface area contributed by atoms with Gasteiger partial charge in [0.1, 0.15) is 5.75 Å². The van der Waals surface area contributed by atoms with Gasteiger partial charge in [-0.2, -0.15) is 0 Å². The molecule has 1 aromatic heterocycles. The van der Waals surface area contributed by atoms with E-state index in [-0.39, 0.29) is 10.9 Å². The van der Waals surface area contributed by atoms with E-state index in [0.29, 0.717) is 16.7 Å². The van der Waals surface area contributed by atoms with Crippen LogP contribution in [-0.2, 0) is 0 Å². The van der Waals surface area contributed by atoms with Crippen LogP contribution in [-0.4, -0.2) is 26.9 Å². The van der Waals surface area contributed by atoms with Crippen LogP contribution in [0.25, 0.3) is 11.4 Å². The third-order valence-electron chi connectivity index (χ3n) is 3.85. The second-order valence-electron chi connectivity index (χ2n) is 5.49. The Balaban J connectivity index is 1.87. The van der Waals surface area contributed by atoms with Gasteiger partial charge >= 0.3 is 0 Å². The molecule has 0 saturated carbocycles. The van der Waals surface area contributed by atoms with E-state index in [0.717, 1.165) is 11.1 Å². The zero-order valence-corrected chi connectivity index (χ0v) is 15.0. The van der Waals surface area contributed by atoms with E-state index < -0.39 is 4.92 Å². The number of hydrogen-bond donors (Lipinski definition) is 1. The van der Waals surface area contributed by atoms with Gasteiger partial charge in [-0.3, -0.25) is 10.1 Å². The molecule has 9 heteroatoms. The minimum atomic E-state index is -0.411. The summed E-state index contributed by atoms with van der Waals surface area (Å²) in [7, 11) is 1.58. The van der Waals surface area contributed by atoms with Crippen LogP contribution in [0.3, 0.4) is 0 Å². The number of aromatic nitrogens is 3. The molecule has 3 aromatic rings. The summed E-state index contributed by atoms with van der Waals surface area (Å²) < 4.78 is 6.74. The van der Waals surface area contributed by atoms with Crippen molar-refractivity contribution < 1.29 is 9.66 Å². The number of nitrogen functional groups attached to an aromatic ring is 1. The number of nitrogens with zero attached hydrogens (tertiary/aromatic N) is 4. The van der Waals surface area contributed by atoms with Crippen molar-refractivity contribution in [1.82, 2.24) is 14.9 Å². The average Bonchev–Trinajstić information content (AvgIpc) is 3.02. The molecule has 0 radical (unpaired) electrons. The molecule has 134 valence electrons. The van der Waals surface area contributed by atoms with Crippen molar-refractivity contribution in [3.63, 3.8) is 0 Å². The molecular weight excluding hydrogens is 354 g/mol. The molecule has 0 aliphatic rings. The van der Waals surface area contributed by atoms with E-state index in [2.05, 4.69) is 10.2 Å². The highest BCUT2D eigenvalue weighted by molar-refractivity contribution is 7.99. The van der Waals surface area contributed by atoms with Gasteiger partial charge in [-0.15, -0.1) is 10.2 Å². The summed E-state index contributed by atoms with van der Waals surface area (Å²) in [4.78, 5) is 10.5. The highest BCUT2D eigenvalue weighted by Crippen LogP contribution is 2.36. The van der Waals surface area contributed by atoms with Crippen LogP contribution in [0.4, 0.5) is 5.69 Å². The minimum absolute atomic E-state index is 0.0545. The molecule has 0 amide bonds. The average molecular weight is 371 g/mol. The number of nitrogens with two attached hydrogens (primary N) is 1. The molecule has 2 N–H and O–H groups in total. The van der Waals surface area contributed by atoms with Crippen LogP contribution in [0.2, 0.25) is 0 Å². The second-order valence-corrected chi connectivity index (χ2v) is 6.80. The Hall–Kier alpha value is -3.07. The molecule has 0 aliphatic heterocycles. The van der Waals surface area contributed by atoms with Gasteiger partial charge in [-0.1, -0.05) is 36.0 Å². The minimum Gasteiger partial charge on any atom is -0.496 e. The van der Waals surface area contributed by atoms with E-state index in [1.807, 2.05) is 37.3 Å². The van der Waals surface area contributed by atoms with E-state index in [1.54, 1.807) is 19.2 Å². The Morgan fingerprint density at radius 3 is 2.73 bits per heavy atom. The summed E-state index contributed by atoms with van der Waals surface area (Å²) in [6.07, 6.45) is 0. The summed E-state index contributed by atoms with van der Waals surface area (Å²) >= 11 is 1.37. The predicted octanol–water partition coefficient (Wildman–Crippen LogP) is 3.43. The Bertz CT molecular complexity index is 944. The highest BCUT2D eigenvalue weighted by Gasteiger charge is 2.19. The third kappa shape index (κ3) is 3.47. The Kier molecular flexibility index (Phi) is 5.08. The van der Waals surface area contributed by atoms with Crippen molar-refractivity contribution in [3.8, 4) is 17.1 Å². The van der Waals surface area contributed by atoms with E-state index in [4.69, 9.17) is 10.6 Å². The largest absolute Gasteiger partial charge is 0.496 e. The van der Waals surface area contributed by atoms with Gasteiger partial charge < -0.3 is 10.6 Å². The van der Waals surface area contributed by atoms with Gasteiger partial charge in [0, 0.05) is 17.4 Å². The fraction of sp³-hybridized carbons (Fsp3) is 0.176. The van der Waals surface area contributed by atoms with Crippen molar-refractivity contribution >= 4 is 17.4 Å². The summed E-state index contributed by atoms with van der Waals surface area (Å²) in [6.45, 7) is 1.93. The zero-order chi connectivity index (χ0) is 18.7. The molecule has 2 aromatic carbocycles. The normalized spacial score (nSPS) is 11.9. The van der Waals surface area contributed by atoms with Gasteiger partial charge in [0.25, 0.3) is 5.69 Å². The van der Waals surface area contributed by atoms with E-state index >= 15 is 0 Å². The third-order valence-corrected chi connectivity index (χ3v) is 4.96. The number of non-ortho nitro benzene ring substituents is 1. The van der Waals surface area contributed by atoms with Crippen molar-refractivity contribution in [2.45, 2.75) is 17.3 Å². The van der Waals surface area contributed by atoms with Crippen LogP contribution in [0.1, 0.15) is 17.7 Å². The Morgan fingerprint density at radius 1 is 1.23 bits per heavy atom. The number of ether oxygens (including phenoxy) is 1. The first-order valence-corrected chi connectivity index (χ1v) is 8.64. The van der Waals surface area contributed by atoms with Crippen LogP contribution >= 0.6 is 11.8 Å². The molecule has 1 unspecified atom stereocenters. The molecule has 1 atom stereocenters. The van der Waals surface area contributed by atoms with Crippen molar-refractivity contribution in [3.05, 3.63) is 64.2 Å². The topological polar surface area (TPSA) is 109 Å².